The number of aromatic carboxylic acids is 1. The van der Waals surface area contributed by atoms with Crippen LogP contribution in [0, 0.1) is 0 Å². The van der Waals surface area contributed by atoms with Gasteiger partial charge in [0.15, 0.2) is 0 Å². The number of alkyl halides is 3. The molecule has 2 heterocycles. The summed E-state index contributed by atoms with van der Waals surface area (Å²) >= 11 is 0. The average molecular weight is 521 g/mol. The molecule has 3 aromatic carbocycles. The lowest BCUT2D eigenvalue weighted by Crippen LogP contribution is -2.19. The molecule has 38 heavy (non-hydrogen) atoms. The first-order valence-electron chi connectivity index (χ1n) is 11.5. The molecule has 0 aliphatic rings. The van der Waals surface area contributed by atoms with Gasteiger partial charge in [0.05, 0.1) is 33.5 Å². The monoisotopic (exact) mass is 521 g/mol. The summed E-state index contributed by atoms with van der Waals surface area (Å²) < 4.78 is 43.7. The van der Waals surface area contributed by atoms with Gasteiger partial charge in [0, 0.05) is 43.7 Å². The van der Waals surface area contributed by atoms with Crippen molar-refractivity contribution in [3.05, 3.63) is 100 Å². The zero-order chi connectivity index (χ0) is 27.2. The fraction of sp³-hybridized carbons (Fsp3) is 0.148. The first-order chi connectivity index (χ1) is 18.0. The minimum Gasteiger partial charge on any atom is -0.478 e. The number of carbonyl (C=O) groups is 1. The Labute approximate surface area is 214 Å². The van der Waals surface area contributed by atoms with Gasteiger partial charge < -0.3 is 10.4 Å². The second-order valence-corrected chi connectivity index (χ2v) is 8.83. The number of fused-ring (bicyclic) bond motifs is 1. The zero-order valence-corrected chi connectivity index (χ0v) is 20.3. The van der Waals surface area contributed by atoms with Crippen LogP contribution in [0.3, 0.4) is 0 Å². The van der Waals surface area contributed by atoms with Crippen molar-refractivity contribution in [2.75, 3.05) is 5.32 Å². The maximum absolute atomic E-state index is 13.0. The molecule has 0 spiro atoms. The van der Waals surface area contributed by atoms with Gasteiger partial charge in [-0.05, 0) is 54.6 Å². The number of aryl methyl sites for hydroxylation is 2. The van der Waals surface area contributed by atoms with Crippen molar-refractivity contribution in [3.8, 4) is 16.9 Å². The Morgan fingerprint density at radius 3 is 2.24 bits per heavy atom. The number of halogens is 3. The van der Waals surface area contributed by atoms with E-state index in [4.69, 9.17) is 0 Å². The molecular weight excluding hydrogens is 499 g/mol. The summed E-state index contributed by atoms with van der Waals surface area (Å²) in [5.74, 6) is -1.06. The van der Waals surface area contributed by atoms with E-state index in [0.717, 1.165) is 34.4 Å². The summed E-state index contributed by atoms with van der Waals surface area (Å²) in [4.78, 5) is 23.5. The maximum Gasteiger partial charge on any atom is 0.416 e. The van der Waals surface area contributed by atoms with Gasteiger partial charge in [-0.1, -0.05) is 12.1 Å². The van der Waals surface area contributed by atoms with E-state index in [1.54, 1.807) is 41.6 Å². The van der Waals surface area contributed by atoms with Gasteiger partial charge in [0.1, 0.15) is 0 Å². The molecule has 5 aromatic rings. The Bertz CT molecular complexity index is 1710. The summed E-state index contributed by atoms with van der Waals surface area (Å²) in [5, 5.41) is 17.2. The molecule has 2 aromatic heterocycles. The Morgan fingerprint density at radius 1 is 0.947 bits per heavy atom. The summed E-state index contributed by atoms with van der Waals surface area (Å²) in [6, 6.07) is 16.4. The second kappa shape index (κ2) is 9.25. The van der Waals surface area contributed by atoms with E-state index in [-0.39, 0.29) is 11.3 Å². The van der Waals surface area contributed by atoms with E-state index in [1.165, 1.54) is 28.9 Å². The molecule has 0 saturated heterocycles. The van der Waals surface area contributed by atoms with Gasteiger partial charge in [0.25, 0.3) is 0 Å². The smallest absolute Gasteiger partial charge is 0.416 e. The molecule has 0 radical (unpaired) electrons. The van der Waals surface area contributed by atoms with Crippen LogP contribution in [0.5, 0.6) is 0 Å². The van der Waals surface area contributed by atoms with E-state index in [9.17, 15) is 27.9 Å². The molecule has 0 saturated carbocycles. The predicted octanol–water partition coefficient (Wildman–Crippen LogP) is 5.06. The second-order valence-electron chi connectivity index (χ2n) is 8.83. The largest absolute Gasteiger partial charge is 0.478 e. The fourth-order valence-electron chi connectivity index (χ4n) is 4.30. The summed E-state index contributed by atoms with van der Waals surface area (Å²) in [6.45, 7) is 0.308. The standard InChI is InChI=1S/C27H22F3N5O3/c1-33-22-12-9-20(13-23(22)34(2)26(33)38)31-14-18-15-35(21-10-7-19(8-11-21)27(28,29)30)32-24(18)16-3-5-17(6-4-16)25(36)37/h3-13,15,31H,14H2,1-2H3,(H,36,37). The number of imidazole rings is 1. The first-order valence-corrected chi connectivity index (χ1v) is 11.5. The van der Waals surface area contributed by atoms with E-state index < -0.39 is 17.7 Å². The number of nitrogens with one attached hydrogen (secondary N) is 1. The van der Waals surface area contributed by atoms with Crippen LogP contribution >= 0.6 is 0 Å². The molecule has 5 rings (SSSR count). The number of nitrogens with zero attached hydrogens (tertiary/aromatic N) is 4. The first kappa shape index (κ1) is 24.9. The maximum atomic E-state index is 13.0. The summed E-state index contributed by atoms with van der Waals surface area (Å²) in [7, 11) is 3.40. The minimum absolute atomic E-state index is 0.123. The number of carboxylic acids is 1. The van der Waals surface area contributed by atoms with Crippen LogP contribution in [0.1, 0.15) is 21.5 Å². The Morgan fingerprint density at radius 2 is 1.61 bits per heavy atom. The Balaban J connectivity index is 1.50. The van der Waals surface area contributed by atoms with Crippen LogP contribution < -0.4 is 11.0 Å². The van der Waals surface area contributed by atoms with Crippen molar-refractivity contribution in [2.24, 2.45) is 14.1 Å². The third kappa shape index (κ3) is 4.54. The summed E-state index contributed by atoms with van der Waals surface area (Å²) in [5.41, 5.74) is 3.90. The van der Waals surface area contributed by atoms with Crippen LogP contribution in [-0.2, 0) is 26.8 Å². The Kier molecular flexibility index (Phi) is 6.06. The van der Waals surface area contributed by atoms with Crippen LogP contribution in [0.2, 0.25) is 0 Å². The topological polar surface area (TPSA) is 94.1 Å². The molecule has 0 amide bonds. The summed E-state index contributed by atoms with van der Waals surface area (Å²) in [6.07, 6.45) is -2.73. The van der Waals surface area contributed by atoms with Crippen molar-refractivity contribution < 1.29 is 23.1 Å². The number of rotatable bonds is 6. The normalized spacial score (nSPS) is 11.7. The molecule has 0 unspecified atom stereocenters. The molecular formula is C27H22F3N5O3. The lowest BCUT2D eigenvalue weighted by Gasteiger charge is -2.08. The lowest BCUT2D eigenvalue weighted by molar-refractivity contribution is -0.137. The zero-order valence-electron chi connectivity index (χ0n) is 20.3. The van der Waals surface area contributed by atoms with E-state index in [0.29, 0.717) is 23.5 Å². The highest BCUT2D eigenvalue weighted by Crippen LogP contribution is 2.30. The van der Waals surface area contributed by atoms with Crippen LogP contribution in [0.15, 0.2) is 77.7 Å². The average Bonchev–Trinajstić information content (AvgIpc) is 3.42. The molecule has 0 bridgehead atoms. The van der Waals surface area contributed by atoms with Crippen LogP contribution in [0.4, 0.5) is 18.9 Å². The number of hydrogen-bond acceptors (Lipinski definition) is 4. The SMILES string of the molecule is Cn1c(=O)n(C)c2cc(NCc3cn(-c4ccc(C(F)(F)F)cc4)nc3-c3ccc(C(=O)O)cc3)ccc21. The quantitative estimate of drug-likeness (QED) is 0.326. The number of carboxylic acid groups (broad SMARTS) is 1. The molecule has 194 valence electrons. The highest BCUT2D eigenvalue weighted by Gasteiger charge is 2.30. The van der Waals surface area contributed by atoms with Crippen molar-refractivity contribution in [1.29, 1.82) is 0 Å². The van der Waals surface area contributed by atoms with Crippen LogP contribution in [-0.4, -0.2) is 30.0 Å². The number of aromatic nitrogens is 4. The van der Waals surface area contributed by atoms with E-state index >= 15 is 0 Å². The van der Waals surface area contributed by atoms with Crippen molar-refractivity contribution >= 4 is 22.7 Å². The van der Waals surface area contributed by atoms with Gasteiger partial charge >= 0.3 is 17.8 Å². The predicted molar refractivity (Wildman–Crippen MR) is 136 cm³/mol. The molecule has 0 aliphatic heterocycles. The molecule has 0 aliphatic carbocycles. The van der Waals surface area contributed by atoms with Crippen LogP contribution in [0.25, 0.3) is 28.0 Å². The minimum atomic E-state index is -4.45. The van der Waals surface area contributed by atoms with E-state index in [2.05, 4.69) is 10.4 Å². The molecule has 11 heteroatoms. The number of hydrogen-bond donors (Lipinski definition) is 2. The van der Waals surface area contributed by atoms with Gasteiger partial charge in [-0.25, -0.2) is 14.3 Å². The van der Waals surface area contributed by atoms with Gasteiger partial charge in [0.2, 0.25) is 0 Å². The van der Waals surface area contributed by atoms with Crippen molar-refractivity contribution in [1.82, 2.24) is 18.9 Å². The molecule has 0 fully saturated rings. The fourth-order valence-corrected chi connectivity index (χ4v) is 4.30. The Hall–Kier alpha value is -4.80. The number of anilines is 1. The molecule has 0 atom stereocenters. The molecule has 2 N–H and O–H groups in total. The van der Waals surface area contributed by atoms with E-state index in [1.807, 2.05) is 18.2 Å². The highest BCUT2D eigenvalue weighted by molar-refractivity contribution is 5.88. The highest BCUT2D eigenvalue weighted by atomic mass is 19.4. The number of benzene rings is 3. The van der Waals surface area contributed by atoms with Gasteiger partial charge in [-0.3, -0.25) is 9.13 Å². The third-order valence-corrected chi connectivity index (χ3v) is 6.41. The van der Waals surface area contributed by atoms with Crippen molar-refractivity contribution in [2.45, 2.75) is 12.7 Å². The van der Waals surface area contributed by atoms with Crippen molar-refractivity contribution in [3.63, 3.8) is 0 Å². The van der Waals surface area contributed by atoms with Gasteiger partial charge in [-0.15, -0.1) is 0 Å². The third-order valence-electron chi connectivity index (χ3n) is 6.41. The lowest BCUT2D eigenvalue weighted by atomic mass is 10.1. The molecule has 8 nitrogen and oxygen atoms in total. The van der Waals surface area contributed by atoms with Gasteiger partial charge in [-0.2, -0.15) is 18.3 Å².